The van der Waals surface area contributed by atoms with Gasteiger partial charge in [-0.25, -0.2) is 9.69 Å². The number of imide groups is 1. The van der Waals surface area contributed by atoms with Crippen molar-refractivity contribution < 1.29 is 32.7 Å². The Bertz CT molecular complexity index is 854. The van der Waals surface area contributed by atoms with Crippen LogP contribution in [0.1, 0.15) is 36.6 Å². The third-order valence-electron chi connectivity index (χ3n) is 3.59. The molecule has 8 heteroatoms. The predicted octanol–water partition coefficient (Wildman–Crippen LogP) is 3.20. The summed E-state index contributed by atoms with van der Waals surface area (Å²) < 4.78 is 39.2. The van der Waals surface area contributed by atoms with Gasteiger partial charge in [-0.2, -0.15) is 13.2 Å². The Labute approximate surface area is 132 Å². The molecule has 1 aliphatic rings. The summed E-state index contributed by atoms with van der Waals surface area (Å²) in [4.78, 5) is 36.2. The van der Waals surface area contributed by atoms with E-state index in [0.717, 1.165) is 12.1 Å². The number of alkyl halides is 3. The summed E-state index contributed by atoms with van der Waals surface area (Å²) in [6.45, 7) is 0. The molecule has 5 nitrogen and oxygen atoms in total. The van der Waals surface area contributed by atoms with E-state index in [1.165, 1.54) is 24.3 Å². The molecule has 0 unspecified atom stereocenters. The molecular weight excluding hydrogens is 327 g/mol. The lowest BCUT2D eigenvalue weighted by molar-refractivity contribution is -0.138. The van der Waals surface area contributed by atoms with E-state index >= 15 is 0 Å². The Balaban J connectivity index is 2.14. The maximum atomic E-state index is 13.1. The molecule has 0 saturated heterocycles. The van der Waals surface area contributed by atoms with Crippen molar-refractivity contribution in [3.63, 3.8) is 0 Å². The first-order chi connectivity index (χ1) is 11.2. The van der Waals surface area contributed by atoms with E-state index < -0.39 is 35.1 Å². The quantitative estimate of drug-likeness (QED) is 0.855. The summed E-state index contributed by atoms with van der Waals surface area (Å²) >= 11 is 0. The van der Waals surface area contributed by atoms with E-state index in [9.17, 15) is 27.6 Å². The van der Waals surface area contributed by atoms with Crippen LogP contribution in [0.4, 0.5) is 18.9 Å². The topological polar surface area (TPSA) is 74.7 Å². The minimum absolute atomic E-state index is 0.0818. The fourth-order valence-electron chi connectivity index (χ4n) is 2.52. The van der Waals surface area contributed by atoms with Gasteiger partial charge in [-0.3, -0.25) is 9.59 Å². The van der Waals surface area contributed by atoms with Gasteiger partial charge >= 0.3 is 12.1 Å². The number of aromatic carboxylic acids is 1. The van der Waals surface area contributed by atoms with Crippen LogP contribution in [-0.4, -0.2) is 22.9 Å². The van der Waals surface area contributed by atoms with Gasteiger partial charge in [0.1, 0.15) is 0 Å². The van der Waals surface area contributed by atoms with Crippen LogP contribution in [0.25, 0.3) is 0 Å². The zero-order valence-corrected chi connectivity index (χ0v) is 11.8. The van der Waals surface area contributed by atoms with Gasteiger partial charge in [-0.05, 0) is 30.3 Å². The number of carboxylic acid groups (broad SMARTS) is 1. The van der Waals surface area contributed by atoms with Gasteiger partial charge in [0.25, 0.3) is 11.8 Å². The number of carbonyl (C=O) groups is 3. The first kappa shape index (κ1) is 15.7. The first-order valence-electron chi connectivity index (χ1n) is 6.64. The number of rotatable bonds is 2. The average molecular weight is 335 g/mol. The largest absolute Gasteiger partial charge is 0.478 e. The molecular formula is C16H8F3NO4. The minimum Gasteiger partial charge on any atom is -0.478 e. The van der Waals surface area contributed by atoms with Crippen LogP contribution in [0.2, 0.25) is 0 Å². The molecule has 0 atom stereocenters. The number of halogens is 3. The number of carbonyl (C=O) groups excluding carboxylic acids is 2. The van der Waals surface area contributed by atoms with Crippen molar-refractivity contribution in [3.8, 4) is 0 Å². The predicted molar refractivity (Wildman–Crippen MR) is 76.0 cm³/mol. The lowest BCUT2D eigenvalue weighted by Crippen LogP contribution is -2.30. The van der Waals surface area contributed by atoms with Crippen molar-refractivity contribution in [2.24, 2.45) is 0 Å². The molecule has 2 aromatic rings. The molecule has 0 fully saturated rings. The van der Waals surface area contributed by atoms with Crippen molar-refractivity contribution in [1.29, 1.82) is 0 Å². The van der Waals surface area contributed by atoms with Gasteiger partial charge in [0, 0.05) is 0 Å². The number of nitrogens with zero attached hydrogens (tertiary/aromatic N) is 1. The maximum Gasteiger partial charge on any atom is 0.417 e. The average Bonchev–Trinajstić information content (AvgIpc) is 2.78. The second-order valence-electron chi connectivity index (χ2n) is 5.02. The molecule has 1 heterocycles. The molecule has 0 aliphatic carbocycles. The second kappa shape index (κ2) is 5.19. The van der Waals surface area contributed by atoms with E-state index in [2.05, 4.69) is 0 Å². The number of fused-ring (bicyclic) bond motifs is 1. The van der Waals surface area contributed by atoms with Gasteiger partial charge in [0.05, 0.1) is 27.9 Å². The van der Waals surface area contributed by atoms with E-state index in [1.54, 1.807) is 0 Å². The van der Waals surface area contributed by atoms with Crippen molar-refractivity contribution in [3.05, 3.63) is 64.7 Å². The van der Waals surface area contributed by atoms with Crippen LogP contribution in [0, 0.1) is 0 Å². The summed E-state index contributed by atoms with van der Waals surface area (Å²) in [6, 6.07) is 8.07. The highest BCUT2D eigenvalue weighted by molar-refractivity contribution is 6.34. The summed E-state index contributed by atoms with van der Waals surface area (Å²) in [5, 5.41) is 8.88. The fourth-order valence-corrected chi connectivity index (χ4v) is 2.52. The maximum absolute atomic E-state index is 13.1. The molecule has 0 aromatic heterocycles. The molecule has 24 heavy (non-hydrogen) atoms. The summed E-state index contributed by atoms with van der Waals surface area (Å²) in [5.41, 5.74) is -2.55. The smallest absolute Gasteiger partial charge is 0.417 e. The molecule has 1 aliphatic heterocycles. The lowest BCUT2D eigenvalue weighted by atomic mass is 10.1. The second-order valence-corrected chi connectivity index (χ2v) is 5.02. The van der Waals surface area contributed by atoms with Crippen molar-refractivity contribution in [1.82, 2.24) is 0 Å². The highest BCUT2D eigenvalue weighted by Gasteiger charge is 2.40. The third-order valence-corrected chi connectivity index (χ3v) is 3.59. The number of amides is 2. The van der Waals surface area contributed by atoms with Crippen LogP contribution in [0.15, 0.2) is 42.5 Å². The van der Waals surface area contributed by atoms with Gasteiger partial charge in [-0.15, -0.1) is 0 Å². The Morgan fingerprint density at radius 3 is 1.96 bits per heavy atom. The summed E-state index contributed by atoms with van der Waals surface area (Å²) in [6.07, 6.45) is -4.94. The highest BCUT2D eigenvalue weighted by atomic mass is 19.4. The SMILES string of the molecule is O=C(O)c1ccc(N2C(=O)c3ccccc3C2=O)cc1C(F)(F)F. The van der Waals surface area contributed by atoms with Gasteiger partial charge in [0.2, 0.25) is 0 Å². The number of anilines is 1. The normalized spacial score (nSPS) is 14.0. The van der Waals surface area contributed by atoms with E-state index in [0.29, 0.717) is 11.0 Å². The first-order valence-corrected chi connectivity index (χ1v) is 6.64. The van der Waals surface area contributed by atoms with Crippen LogP contribution < -0.4 is 4.90 Å². The third kappa shape index (κ3) is 2.32. The van der Waals surface area contributed by atoms with Crippen LogP contribution >= 0.6 is 0 Å². The molecule has 2 aromatic carbocycles. The molecule has 2 amide bonds. The van der Waals surface area contributed by atoms with E-state index in [-0.39, 0.29) is 16.8 Å². The van der Waals surface area contributed by atoms with E-state index in [1.807, 2.05) is 0 Å². The van der Waals surface area contributed by atoms with Crippen molar-refractivity contribution in [2.45, 2.75) is 6.18 Å². The number of hydrogen-bond donors (Lipinski definition) is 1. The van der Waals surface area contributed by atoms with Crippen molar-refractivity contribution >= 4 is 23.5 Å². The van der Waals surface area contributed by atoms with Gasteiger partial charge in [0.15, 0.2) is 0 Å². The van der Waals surface area contributed by atoms with Crippen LogP contribution in [0.3, 0.4) is 0 Å². The van der Waals surface area contributed by atoms with Gasteiger partial charge < -0.3 is 5.11 Å². The summed E-state index contributed by atoms with van der Waals surface area (Å²) in [7, 11) is 0. The minimum atomic E-state index is -4.94. The number of carboxylic acids is 1. The number of benzene rings is 2. The Hall–Kier alpha value is -3.16. The van der Waals surface area contributed by atoms with Crippen molar-refractivity contribution in [2.75, 3.05) is 4.90 Å². The molecule has 3 rings (SSSR count). The lowest BCUT2D eigenvalue weighted by Gasteiger charge is -2.17. The Morgan fingerprint density at radius 1 is 0.958 bits per heavy atom. The zero-order chi connectivity index (χ0) is 17.6. The zero-order valence-electron chi connectivity index (χ0n) is 11.8. The fraction of sp³-hybridized carbons (Fsp3) is 0.0625. The molecule has 0 radical (unpaired) electrons. The Morgan fingerprint density at radius 2 is 1.50 bits per heavy atom. The van der Waals surface area contributed by atoms with Crippen LogP contribution in [-0.2, 0) is 6.18 Å². The van der Waals surface area contributed by atoms with E-state index in [4.69, 9.17) is 5.11 Å². The van der Waals surface area contributed by atoms with Gasteiger partial charge in [-0.1, -0.05) is 12.1 Å². The van der Waals surface area contributed by atoms with Crippen LogP contribution in [0.5, 0.6) is 0 Å². The molecule has 1 N–H and O–H groups in total. The number of hydrogen-bond acceptors (Lipinski definition) is 3. The standard InChI is InChI=1S/C16H8F3NO4/c17-16(18,19)12-7-8(5-6-11(12)15(23)24)20-13(21)9-3-1-2-4-10(9)14(20)22/h1-7H,(H,23,24). The Kier molecular flexibility index (Phi) is 3.40. The molecule has 0 spiro atoms. The molecule has 122 valence electrons. The molecule has 0 saturated carbocycles. The summed E-state index contributed by atoms with van der Waals surface area (Å²) in [5.74, 6) is -3.27. The monoisotopic (exact) mass is 335 g/mol. The highest BCUT2D eigenvalue weighted by Crippen LogP contribution is 2.36. The molecule has 0 bridgehead atoms.